The third kappa shape index (κ3) is 2.49. The molecule has 0 aromatic heterocycles. The van der Waals surface area contributed by atoms with E-state index >= 15 is 0 Å². The van der Waals surface area contributed by atoms with Crippen molar-refractivity contribution in [2.45, 2.75) is 12.5 Å². The molecule has 1 atom stereocenters. The molecule has 0 N–H and O–H groups in total. The van der Waals surface area contributed by atoms with Crippen LogP contribution in [0.4, 0.5) is 0 Å². The molecular formula is C12H16N2O. The second kappa shape index (κ2) is 4.34. The smallest absolute Gasteiger partial charge is 0.287 e. The van der Waals surface area contributed by atoms with Crippen LogP contribution in [0.15, 0.2) is 35.3 Å². The fourth-order valence-corrected chi connectivity index (χ4v) is 1.64. The van der Waals surface area contributed by atoms with Crippen molar-refractivity contribution >= 4 is 6.02 Å². The lowest BCUT2D eigenvalue weighted by Crippen LogP contribution is -2.21. The summed E-state index contributed by atoms with van der Waals surface area (Å²) in [5, 5.41) is 0. The van der Waals surface area contributed by atoms with Crippen LogP contribution in [0.3, 0.4) is 0 Å². The van der Waals surface area contributed by atoms with Gasteiger partial charge in [-0.1, -0.05) is 30.3 Å². The zero-order valence-corrected chi connectivity index (χ0v) is 9.18. The van der Waals surface area contributed by atoms with Gasteiger partial charge in [0.1, 0.15) is 6.61 Å². The van der Waals surface area contributed by atoms with Crippen molar-refractivity contribution in [1.82, 2.24) is 4.90 Å². The van der Waals surface area contributed by atoms with E-state index in [0.717, 1.165) is 12.4 Å². The number of benzene rings is 1. The molecule has 1 aliphatic heterocycles. The van der Waals surface area contributed by atoms with E-state index < -0.39 is 0 Å². The van der Waals surface area contributed by atoms with Gasteiger partial charge in [-0.25, -0.2) is 4.99 Å². The average Bonchev–Trinajstić information content (AvgIpc) is 2.68. The highest BCUT2D eigenvalue weighted by Gasteiger charge is 2.19. The molecule has 1 heterocycles. The Morgan fingerprint density at radius 3 is 2.67 bits per heavy atom. The minimum absolute atomic E-state index is 0.268. The summed E-state index contributed by atoms with van der Waals surface area (Å²) < 4.78 is 5.48. The summed E-state index contributed by atoms with van der Waals surface area (Å²) in [6.45, 7) is 0.697. The number of rotatable bonds is 2. The van der Waals surface area contributed by atoms with Gasteiger partial charge in [0.05, 0.1) is 6.04 Å². The summed E-state index contributed by atoms with van der Waals surface area (Å²) >= 11 is 0. The molecule has 0 amide bonds. The van der Waals surface area contributed by atoms with E-state index in [9.17, 15) is 0 Å². The van der Waals surface area contributed by atoms with E-state index in [1.165, 1.54) is 5.56 Å². The van der Waals surface area contributed by atoms with E-state index in [1.807, 2.05) is 25.1 Å². The summed E-state index contributed by atoms with van der Waals surface area (Å²) in [7, 11) is 3.90. The van der Waals surface area contributed by atoms with Crippen molar-refractivity contribution < 1.29 is 4.74 Å². The third-order valence-corrected chi connectivity index (χ3v) is 2.39. The SMILES string of the molecule is CN(C)C1=NC(Cc2ccccc2)CO1. The topological polar surface area (TPSA) is 24.8 Å². The second-order valence-electron chi connectivity index (χ2n) is 3.96. The Morgan fingerprint density at radius 2 is 2.07 bits per heavy atom. The van der Waals surface area contributed by atoms with Crippen molar-refractivity contribution in [2.24, 2.45) is 4.99 Å². The van der Waals surface area contributed by atoms with Gasteiger partial charge in [0.2, 0.25) is 0 Å². The van der Waals surface area contributed by atoms with Gasteiger partial charge in [-0.05, 0) is 12.0 Å². The van der Waals surface area contributed by atoms with Crippen LogP contribution in [0.2, 0.25) is 0 Å². The first kappa shape index (κ1) is 10.0. The molecule has 15 heavy (non-hydrogen) atoms. The summed E-state index contributed by atoms with van der Waals surface area (Å²) in [5.74, 6) is 0. The number of hydrogen-bond donors (Lipinski definition) is 0. The van der Waals surface area contributed by atoms with Crippen LogP contribution in [0.5, 0.6) is 0 Å². The van der Waals surface area contributed by atoms with Gasteiger partial charge in [-0.2, -0.15) is 0 Å². The molecule has 0 saturated carbocycles. The minimum atomic E-state index is 0.268. The molecule has 3 nitrogen and oxygen atoms in total. The largest absolute Gasteiger partial charge is 0.463 e. The van der Waals surface area contributed by atoms with Crippen molar-refractivity contribution in [1.29, 1.82) is 0 Å². The van der Waals surface area contributed by atoms with Crippen LogP contribution in [0.1, 0.15) is 5.56 Å². The van der Waals surface area contributed by atoms with Gasteiger partial charge >= 0.3 is 0 Å². The van der Waals surface area contributed by atoms with Crippen LogP contribution in [0.25, 0.3) is 0 Å². The first-order valence-electron chi connectivity index (χ1n) is 5.17. The van der Waals surface area contributed by atoms with Gasteiger partial charge < -0.3 is 9.64 Å². The predicted molar refractivity (Wildman–Crippen MR) is 61.0 cm³/mol. The molecule has 0 radical (unpaired) electrons. The summed E-state index contributed by atoms with van der Waals surface area (Å²) in [6.07, 6.45) is 0.957. The first-order valence-corrected chi connectivity index (χ1v) is 5.17. The molecule has 80 valence electrons. The maximum Gasteiger partial charge on any atom is 0.287 e. The van der Waals surface area contributed by atoms with E-state index in [4.69, 9.17) is 4.74 Å². The molecular weight excluding hydrogens is 188 g/mol. The Bertz CT molecular complexity index is 346. The third-order valence-electron chi connectivity index (χ3n) is 2.39. The average molecular weight is 204 g/mol. The number of ether oxygens (including phenoxy) is 1. The lowest BCUT2D eigenvalue weighted by molar-refractivity contribution is 0.277. The fraction of sp³-hybridized carbons (Fsp3) is 0.417. The highest BCUT2D eigenvalue weighted by atomic mass is 16.5. The van der Waals surface area contributed by atoms with Gasteiger partial charge in [-0.3, -0.25) is 0 Å². The van der Waals surface area contributed by atoms with Crippen LogP contribution in [-0.4, -0.2) is 37.7 Å². The van der Waals surface area contributed by atoms with Crippen LogP contribution in [-0.2, 0) is 11.2 Å². The van der Waals surface area contributed by atoms with E-state index in [2.05, 4.69) is 29.3 Å². The molecule has 3 heteroatoms. The number of aliphatic imine (C=N–C) groups is 1. The van der Waals surface area contributed by atoms with Gasteiger partial charge in [0.15, 0.2) is 0 Å². The number of amidine groups is 1. The molecule has 0 fully saturated rings. The molecule has 1 unspecified atom stereocenters. The maximum absolute atomic E-state index is 5.48. The van der Waals surface area contributed by atoms with E-state index in [1.54, 1.807) is 0 Å². The number of hydrogen-bond acceptors (Lipinski definition) is 3. The van der Waals surface area contributed by atoms with E-state index in [0.29, 0.717) is 6.61 Å². The molecule has 2 rings (SSSR count). The predicted octanol–water partition coefficient (Wildman–Crippen LogP) is 1.55. The molecule has 1 aromatic rings. The monoisotopic (exact) mass is 204 g/mol. The summed E-state index contributed by atoms with van der Waals surface area (Å²) in [6, 6.07) is 11.4. The van der Waals surface area contributed by atoms with Crippen LogP contribution >= 0.6 is 0 Å². The molecule has 1 aliphatic rings. The molecule has 1 aromatic carbocycles. The minimum Gasteiger partial charge on any atom is -0.463 e. The zero-order valence-electron chi connectivity index (χ0n) is 9.18. The molecule has 0 aliphatic carbocycles. The highest BCUT2D eigenvalue weighted by molar-refractivity contribution is 5.74. The van der Waals surface area contributed by atoms with E-state index in [-0.39, 0.29) is 6.04 Å². The van der Waals surface area contributed by atoms with Gasteiger partial charge in [0, 0.05) is 14.1 Å². The van der Waals surface area contributed by atoms with Crippen molar-refractivity contribution in [3.63, 3.8) is 0 Å². The zero-order chi connectivity index (χ0) is 10.7. The summed E-state index contributed by atoms with van der Waals surface area (Å²) in [5.41, 5.74) is 1.31. The van der Waals surface area contributed by atoms with Crippen molar-refractivity contribution in [2.75, 3.05) is 20.7 Å². The van der Waals surface area contributed by atoms with Gasteiger partial charge in [-0.15, -0.1) is 0 Å². The Kier molecular flexibility index (Phi) is 2.90. The van der Waals surface area contributed by atoms with Gasteiger partial charge in [0.25, 0.3) is 6.02 Å². The molecule has 0 saturated heterocycles. The van der Waals surface area contributed by atoms with Crippen LogP contribution < -0.4 is 0 Å². The Hall–Kier alpha value is -1.51. The number of nitrogens with zero attached hydrogens (tertiary/aromatic N) is 2. The standard InChI is InChI=1S/C12H16N2O/c1-14(2)12-13-11(9-15-12)8-10-6-4-3-5-7-10/h3-7,11H,8-9H2,1-2H3. The molecule has 0 spiro atoms. The Morgan fingerprint density at radius 1 is 1.33 bits per heavy atom. The van der Waals surface area contributed by atoms with Crippen LogP contribution in [0, 0.1) is 0 Å². The Balaban J connectivity index is 1.98. The summed E-state index contributed by atoms with van der Waals surface area (Å²) in [4.78, 5) is 6.41. The fourth-order valence-electron chi connectivity index (χ4n) is 1.64. The second-order valence-corrected chi connectivity index (χ2v) is 3.96. The Labute approximate surface area is 90.4 Å². The maximum atomic E-state index is 5.48. The normalized spacial score (nSPS) is 19.6. The first-order chi connectivity index (χ1) is 7.25. The lowest BCUT2D eigenvalue weighted by Gasteiger charge is -2.09. The highest BCUT2D eigenvalue weighted by Crippen LogP contribution is 2.12. The van der Waals surface area contributed by atoms with Crippen molar-refractivity contribution in [3.05, 3.63) is 35.9 Å². The molecule has 0 bridgehead atoms. The quantitative estimate of drug-likeness (QED) is 0.730. The van der Waals surface area contributed by atoms with Crippen molar-refractivity contribution in [3.8, 4) is 0 Å². The lowest BCUT2D eigenvalue weighted by atomic mass is 10.1.